The van der Waals surface area contributed by atoms with Crippen molar-refractivity contribution in [1.29, 1.82) is 0 Å². The van der Waals surface area contributed by atoms with E-state index in [1.165, 1.54) is 6.92 Å². The highest BCUT2D eigenvalue weighted by Gasteiger charge is 2.13. The molecule has 1 atom stereocenters. The minimum absolute atomic E-state index is 0.0260. The number of halogens is 2. The monoisotopic (exact) mass is 245 g/mol. The summed E-state index contributed by atoms with van der Waals surface area (Å²) in [6, 6.07) is 9.15. The molecule has 3 nitrogen and oxygen atoms in total. The molecule has 0 aliphatic heterocycles. The molecule has 0 heterocycles. The Hall–Kier alpha value is -1.06. The van der Waals surface area contributed by atoms with Gasteiger partial charge in [-0.2, -0.15) is 0 Å². The predicted octanol–water partition coefficient (Wildman–Crippen LogP) is 3.08. The molecule has 1 aromatic rings. The Balaban J connectivity index is 2.72. The molecule has 0 bridgehead atoms. The minimum Gasteiger partial charge on any atom is -0.317 e. The van der Waals surface area contributed by atoms with Crippen molar-refractivity contribution in [2.75, 3.05) is 0 Å². The molecule has 0 aliphatic rings. The van der Waals surface area contributed by atoms with Crippen LogP contribution < -0.4 is 0 Å². The largest absolute Gasteiger partial charge is 0.332 e. The van der Waals surface area contributed by atoms with Gasteiger partial charge in [0.2, 0.25) is 0 Å². The van der Waals surface area contributed by atoms with E-state index >= 15 is 0 Å². The predicted molar refractivity (Wildman–Crippen MR) is 60.1 cm³/mol. The van der Waals surface area contributed by atoms with Crippen LogP contribution in [0.25, 0.3) is 0 Å². The van der Waals surface area contributed by atoms with Crippen molar-refractivity contribution >= 4 is 34.3 Å². The van der Waals surface area contributed by atoms with Gasteiger partial charge in [0.1, 0.15) is 5.38 Å². The lowest BCUT2D eigenvalue weighted by molar-refractivity contribution is -0.140. The summed E-state index contributed by atoms with van der Waals surface area (Å²) in [5.41, 5.74) is 0.792. The molecule has 1 rings (SSSR count). The van der Waals surface area contributed by atoms with Crippen LogP contribution in [0.15, 0.2) is 35.5 Å². The minimum atomic E-state index is -0.604. The van der Waals surface area contributed by atoms with E-state index in [4.69, 9.17) is 23.2 Å². The standard InChI is InChI=1S/C10H9Cl2NO2/c1-7(14)15-13-10(12)9(11)8-5-3-2-4-6-8/h2-6,9H,1H3. The van der Waals surface area contributed by atoms with Gasteiger partial charge in [-0.05, 0) is 5.56 Å². The van der Waals surface area contributed by atoms with E-state index in [0.717, 1.165) is 5.56 Å². The summed E-state index contributed by atoms with van der Waals surface area (Å²) in [5.74, 6) is -0.537. The van der Waals surface area contributed by atoms with Crippen molar-refractivity contribution < 1.29 is 9.63 Å². The number of benzene rings is 1. The number of carbonyl (C=O) groups is 1. The second-order valence-corrected chi connectivity index (χ2v) is 3.59. The normalized spacial score (nSPS) is 13.4. The molecule has 0 saturated heterocycles. The molecule has 5 heteroatoms. The lowest BCUT2D eigenvalue weighted by atomic mass is 10.2. The second-order valence-electron chi connectivity index (χ2n) is 2.77. The zero-order valence-corrected chi connectivity index (χ0v) is 9.50. The number of rotatable bonds is 3. The average Bonchev–Trinajstić information content (AvgIpc) is 2.26. The highest BCUT2D eigenvalue weighted by Crippen LogP contribution is 2.23. The van der Waals surface area contributed by atoms with Gasteiger partial charge in [-0.1, -0.05) is 47.1 Å². The fraction of sp³-hybridized carbons (Fsp3) is 0.200. The summed E-state index contributed by atoms with van der Waals surface area (Å²) in [4.78, 5) is 14.9. The first-order valence-corrected chi connectivity index (χ1v) is 5.02. The van der Waals surface area contributed by atoms with Crippen LogP contribution in [-0.4, -0.2) is 11.1 Å². The van der Waals surface area contributed by atoms with E-state index in [0.29, 0.717) is 0 Å². The maximum absolute atomic E-state index is 10.5. The Labute approximate surface area is 97.6 Å². The van der Waals surface area contributed by atoms with Gasteiger partial charge in [-0.15, -0.1) is 11.6 Å². The summed E-state index contributed by atoms with van der Waals surface area (Å²) in [5, 5.41) is 2.82. The highest BCUT2D eigenvalue weighted by molar-refractivity contribution is 6.70. The van der Waals surface area contributed by atoms with Crippen LogP contribution >= 0.6 is 23.2 Å². The summed E-state index contributed by atoms with van der Waals surface area (Å²) in [7, 11) is 0. The molecule has 1 unspecified atom stereocenters. The third kappa shape index (κ3) is 3.90. The molecule has 0 radical (unpaired) electrons. The van der Waals surface area contributed by atoms with Crippen LogP contribution in [-0.2, 0) is 9.63 Å². The average molecular weight is 246 g/mol. The smallest absolute Gasteiger partial charge is 0.317 e. The van der Waals surface area contributed by atoms with Crippen molar-refractivity contribution in [1.82, 2.24) is 0 Å². The maximum Gasteiger partial charge on any atom is 0.332 e. The highest BCUT2D eigenvalue weighted by atomic mass is 35.5. The van der Waals surface area contributed by atoms with Crippen molar-refractivity contribution in [2.45, 2.75) is 12.3 Å². The van der Waals surface area contributed by atoms with E-state index in [2.05, 4.69) is 9.99 Å². The molecule has 0 spiro atoms. The number of hydrogen-bond donors (Lipinski definition) is 0. The van der Waals surface area contributed by atoms with Crippen LogP contribution in [0.1, 0.15) is 17.9 Å². The number of carbonyl (C=O) groups excluding carboxylic acids is 1. The third-order valence-corrected chi connectivity index (χ3v) is 2.42. The molecule has 15 heavy (non-hydrogen) atoms. The Bertz CT molecular complexity index is 365. The molecule has 80 valence electrons. The van der Waals surface area contributed by atoms with Gasteiger partial charge in [0.15, 0.2) is 5.17 Å². The Kier molecular flexibility index (Phi) is 4.59. The second kappa shape index (κ2) is 5.73. The quantitative estimate of drug-likeness (QED) is 0.356. The first-order chi connectivity index (χ1) is 7.11. The Morgan fingerprint density at radius 2 is 2.00 bits per heavy atom. The molecular weight excluding hydrogens is 237 g/mol. The van der Waals surface area contributed by atoms with Crippen molar-refractivity contribution in [2.24, 2.45) is 5.16 Å². The Morgan fingerprint density at radius 3 is 2.53 bits per heavy atom. The van der Waals surface area contributed by atoms with Crippen molar-refractivity contribution in [3.63, 3.8) is 0 Å². The van der Waals surface area contributed by atoms with Crippen LogP contribution in [0.5, 0.6) is 0 Å². The zero-order chi connectivity index (χ0) is 11.3. The molecule has 0 amide bonds. The maximum atomic E-state index is 10.5. The molecular formula is C10H9Cl2NO2. The first kappa shape index (κ1) is 12.0. The van der Waals surface area contributed by atoms with Gasteiger partial charge in [0.05, 0.1) is 0 Å². The number of alkyl halides is 1. The number of oxime groups is 1. The molecule has 0 N–H and O–H groups in total. The lowest BCUT2D eigenvalue weighted by Gasteiger charge is -2.06. The van der Waals surface area contributed by atoms with E-state index in [9.17, 15) is 4.79 Å². The summed E-state index contributed by atoms with van der Waals surface area (Å²) in [6.07, 6.45) is 0. The van der Waals surface area contributed by atoms with Gasteiger partial charge in [0, 0.05) is 6.92 Å². The molecule has 0 aromatic heterocycles. The molecule has 0 aliphatic carbocycles. The van der Waals surface area contributed by atoms with E-state index < -0.39 is 11.3 Å². The summed E-state index contributed by atoms with van der Waals surface area (Å²) in [6.45, 7) is 1.24. The molecule has 1 aromatic carbocycles. The van der Waals surface area contributed by atoms with E-state index in [1.54, 1.807) is 0 Å². The van der Waals surface area contributed by atoms with Crippen LogP contribution in [0.2, 0.25) is 0 Å². The van der Waals surface area contributed by atoms with Crippen molar-refractivity contribution in [3.8, 4) is 0 Å². The van der Waals surface area contributed by atoms with Gasteiger partial charge in [-0.3, -0.25) is 0 Å². The first-order valence-electron chi connectivity index (χ1n) is 4.21. The topological polar surface area (TPSA) is 38.7 Å². The van der Waals surface area contributed by atoms with Crippen LogP contribution in [0.4, 0.5) is 0 Å². The Morgan fingerprint density at radius 1 is 1.40 bits per heavy atom. The van der Waals surface area contributed by atoms with Gasteiger partial charge in [-0.25, -0.2) is 4.79 Å². The van der Waals surface area contributed by atoms with Crippen LogP contribution in [0, 0.1) is 0 Å². The van der Waals surface area contributed by atoms with E-state index in [1.807, 2.05) is 30.3 Å². The van der Waals surface area contributed by atoms with E-state index in [-0.39, 0.29) is 5.17 Å². The lowest BCUT2D eigenvalue weighted by Crippen LogP contribution is -2.02. The van der Waals surface area contributed by atoms with Crippen molar-refractivity contribution in [3.05, 3.63) is 35.9 Å². The molecule has 0 fully saturated rings. The fourth-order valence-corrected chi connectivity index (χ4v) is 1.26. The number of hydrogen-bond acceptors (Lipinski definition) is 3. The zero-order valence-electron chi connectivity index (χ0n) is 7.98. The SMILES string of the molecule is CC(=O)ON=C(Cl)C(Cl)c1ccccc1. The van der Waals surface area contributed by atoms with Gasteiger partial charge >= 0.3 is 5.97 Å². The van der Waals surface area contributed by atoms with Gasteiger partial charge < -0.3 is 4.84 Å². The summed E-state index contributed by atoms with van der Waals surface area (Å²) < 4.78 is 0. The number of nitrogens with zero attached hydrogens (tertiary/aromatic N) is 1. The molecule has 0 saturated carbocycles. The fourth-order valence-electron chi connectivity index (χ4n) is 0.914. The van der Waals surface area contributed by atoms with Crippen LogP contribution in [0.3, 0.4) is 0 Å². The summed E-state index contributed by atoms with van der Waals surface area (Å²) >= 11 is 11.7. The third-order valence-electron chi connectivity index (χ3n) is 1.56. The van der Waals surface area contributed by atoms with Gasteiger partial charge in [0.25, 0.3) is 0 Å².